The van der Waals surface area contributed by atoms with E-state index in [2.05, 4.69) is 24.5 Å². The number of fused-ring (bicyclic) bond motifs is 1. The van der Waals surface area contributed by atoms with Gasteiger partial charge in [-0.25, -0.2) is 0 Å². The summed E-state index contributed by atoms with van der Waals surface area (Å²) in [4.78, 5) is 41.0. The van der Waals surface area contributed by atoms with Crippen LogP contribution in [0.5, 0.6) is 0 Å². The van der Waals surface area contributed by atoms with Crippen LogP contribution in [-0.2, 0) is 19.8 Å². The molecule has 1 aromatic rings. The van der Waals surface area contributed by atoms with Gasteiger partial charge >= 0.3 is 0 Å². The van der Waals surface area contributed by atoms with E-state index in [-0.39, 0.29) is 41.6 Å². The third-order valence-corrected chi connectivity index (χ3v) is 8.52. The number of piperidine rings is 1. The Labute approximate surface area is 188 Å². The number of hydrogen-bond donors (Lipinski definition) is 3. The third kappa shape index (κ3) is 3.33. The molecule has 2 saturated heterocycles. The van der Waals surface area contributed by atoms with Crippen LogP contribution in [0.1, 0.15) is 45.1 Å². The number of aliphatic hydroxyl groups is 1. The lowest BCUT2D eigenvalue weighted by atomic mass is 9.92. The maximum atomic E-state index is 13.7. The van der Waals surface area contributed by atoms with Gasteiger partial charge in [-0.15, -0.1) is 0 Å². The van der Waals surface area contributed by atoms with Crippen molar-refractivity contribution in [2.24, 2.45) is 23.2 Å². The van der Waals surface area contributed by atoms with Crippen molar-refractivity contribution in [3.05, 3.63) is 35.9 Å². The van der Waals surface area contributed by atoms with E-state index in [1.807, 2.05) is 35.2 Å². The van der Waals surface area contributed by atoms with E-state index in [4.69, 9.17) is 0 Å². The fraction of sp³-hybridized carbons (Fsp3) is 0.640. The Morgan fingerprint density at radius 3 is 2.56 bits per heavy atom. The van der Waals surface area contributed by atoms with E-state index < -0.39 is 17.5 Å². The minimum Gasteiger partial charge on any atom is -0.394 e. The van der Waals surface area contributed by atoms with Crippen LogP contribution in [0.15, 0.2) is 30.3 Å². The van der Waals surface area contributed by atoms with Crippen LogP contribution in [0.3, 0.4) is 0 Å². The summed E-state index contributed by atoms with van der Waals surface area (Å²) in [6.45, 7) is 5.36. The van der Waals surface area contributed by atoms with E-state index in [9.17, 15) is 19.5 Å². The minimum atomic E-state index is -0.518. The zero-order chi connectivity index (χ0) is 22.7. The molecular formula is C25H33N3O4. The van der Waals surface area contributed by atoms with Crippen LogP contribution in [-0.4, -0.2) is 59.5 Å². The number of aliphatic hydroxyl groups excluding tert-OH is 1. The summed E-state index contributed by atoms with van der Waals surface area (Å²) in [5, 5.41) is 15.7. The Bertz CT molecular complexity index is 926. The molecule has 2 aliphatic carbocycles. The fourth-order valence-electron chi connectivity index (χ4n) is 6.26. The normalized spacial score (nSPS) is 32.1. The number of carbonyl (C=O) groups excluding carboxylic acids is 3. The number of benzene rings is 1. The first-order valence-corrected chi connectivity index (χ1v) is 11.8. The number of carbonyl (C=O) groups is 3. The number of rotatable bonds is 7. The van der Waals surface area contributed by atoms with Crippen molar-refractivity contribution >= 4 is 17.7 Å². The molecule has 7 heteroatoms. The summed E-state index contributed by atoms with van der Waals surface area (Å²) in [5.74, 6) is 0.110. The Morgan fingerprint density at radius 2 is 1.97 bits per heavy atom. The highest BCUT2D eigenvalue weighted by Gasteiger charge is 2.71. The molecule has 7 nitrogen and oxygen atoms in total. The Hall–Kier alpha value is -2.41. The second kappa shape index (κ2) is 7.58. The standard InChI is InChI=1S/C25H33N3O4/c1-24(2)18-13-28(23(32)25(9-10-25)16-6-4-3-5-7-16)20(19(18)24)22(31)27-17(14-29)12-15-8-11-26-21(15)30/h3-7,15,17-20,29H,8-14H2,1-2H3,(H,26,30)(H,27,31)/t15-,17-,18-,19-,20-/m0/s1. The molecule has 2 heterocycles. The third-order valence-electron chi connectivity index (χ3n) is 8.52. The number of nitrogens with zero attached hydrogens (tertiary/aromatic N) is 1. The molecule has 3 amide bonds. The number of amides is 3. The van der Waals surface area contributed by atoms with Gasteiger partial charge in [0.05, 0.1) is 18.1 Å². The summed E-state index contributed by atoms with van der Waals surface area (Å²) in [6, 6.07) is 8.89. The fourth-order valence-corrected chi connectivity index (χ4v) is 6.26. The van der Waals surface area contributed by atoms with Gasteiger partial charge in [-0.2, -0.15) is 0 Å². The molecule has 5 rings (SSSR count). The topological polar surface area (TPSA) is 98.7 Å². The van der Waals surface area contributed by atoms with E-state index in [0.29, 0.717) is 25.4 Å². The Morgan fingerprint density at radius 1 is 1.25 bits per heavy atom. The zero-order valence-corrected chi connectivity index (χ0v) is 18.8. The molecule has 172 valence electrons. The highest BCUT2D eigenvalue weighted by Crippen LogP contribution is 2.66. The van der Waals surface area contributed by atoms with Gasteiger partial charge in [0.1, 0.15) is 6.04 Å². The lowest BCUT2D eigenvalue weighted by molar-refractivity contribution is -0.142. The number of nitrogens with one attached hydrogen (secondary N) is 2. The summed E-state index contributed by atoms with van der Waals surface area (Å²) in [6.07, 6.45) is 2.77. The van der Waals surface area contributed by atoms with Crippen LogP contribution < -0.4 is 10.6 Å². The summed E-state index contributed by atoms with van der Waals surface area (Å²) in [5.41, 5.74) is 0.561. The van der Waals surface area contributed by atoms with Gasteiger partial charge in [0, 0.05) is 19.0 Å². The molecule has 32 heavy (non-hydrogen) atoms. The molecule has 0 bridgehead atoms. The van der Waals surface area contributed by atoms with Gasteiger partial charge in [-0.1, -0.05) is 44.2 Å². The average molecular weight is 440 g/mol. The molecule has 1 aromatic carbocycles. The second-order valence-corrected chi connectivity index (χ2v) is 10.7. The lowest BCUT2D eigenvalue weighted by Crippen LogP contribution is -2.55. The van der Waals surface area contributed by atoms with E-state index in [0.717, 1.165) is 24.8 Å². The summed E-state index contributed by atoms with van der Waals surface area (Å²) >= 11 is 0. The summed E-state index contributed by atoms with van der Waals surface area (Å²) < 4.78 is 0. The molecule has 5 atom stereocenters. The maximum Gasteiger partial charge on any atom is 0.243 e. The summed E-state index contributed by atoms with van der Waals surface area (Å²) in [7, 11) is 0. The molecule has 4 aliphatic rings. The lowest BCUT2D eigenvalue weighted by Gasteiger charge is -2.34. The van der Waals surface area contributed by atoms with E-state index in [1.165, 1.54) is 0 Å². The molecule has 0 radical (unpaired) electrons. The van der Waals surface area contributed by atoms with Crippen molar-refractivity contribution in [1.82, 2.24) is 15.5 Å². The highest BCUT2D eigenvalue weighted by atomic mass is 16.3. The minimum absolute atomic E-state index is 0.0164. The molecular weight excluding hydrogens is 406 g/mol. The predicted octanol–water partition coefficient (Wildman–Crippen LogP) is 1.20. The largest absolute Gasteiger partial charge is 0.394 e. The van der Waals surface area contributed by atoms with Crippen molar-refractivity contribution in [1.29, 1.82) is 0 Å². The molecule has 2 aliphatic heterocycles. The predicted molar refractivity (Wildman–Crippen MR) is 118 cm³/mol. The van der Waals surface area contributed by atoms with Crippen molar-refractivity contribution in [2.45, 2.75) is 57.0 Å². The first kappa shape index (κ1) is 21.4. The van der Waals surface area contributed by atoms with Crippen molar-refractivity contribution < 1.29 is 19.5 Å². The van der Waals surface area contributed by atoms with Crippen LogP contribution in [0.2, 0.25) is 0 Å². The molecule has 0 aromatic heterocycles. The molecule has 0 unspecified atom stereocenters. The quantitative estimate of drug-likeness (QED) is 0.595. The van der Waals surface area contributed by atoms with Crippen LogP contribution in [0, 0.1) is 23.2 Å². The smallest absolute Gasteiger partial charge is 0.243 e. The Kier molecular flexibility index (Phi) is 5.08. The van der Waals surface area contributed by atoms with Crippen LogP contribution in [0.4, 0.5) is 0 Å². The number of hydrogen-bond acceptors (Lipinski definition) is 4. The molecule has 0 spiro atoms. The van der Waals surface area contributed by atoms with Crippen molar-refractivity contribution in [3.8, 4) is 0 Å². The van der Waals surface area contributed by atoms with Gasteiger partial charge in [-0.05, 0) is 48.5 Å². The maximum absolute atomic E-state index is 13.7. The van der Waals surface area contributed by atoms with E-state index >= 15 is 0 Å². The molecule has 2 saturated carbocycles. The average Bonchev–Trinajstić information content (AvgIpc) is 3.55. The highest BCUT2D eigenvalue weighted by molar-refractivity contribution is 5.96. The first-order valence-electron chi connectivity index (χ1n) is 11.8. The molecule has 4 fully saturated rings. The van der Waals surface area contributed by atoms with Crippen molar-refractivity contribution in [2.75, 3.05) is 19.7 Å². The number of likely N-dealkylation sites (tertiary alicyclic amines) is 1. The Balaban J connectivity index is 1.34. The monoisotopic (exact) mass is 439 g/mol. The zero-order valence-electron chi connectivity index (χ0n) is 18.8. The van der Waals surface area contributed by atoms with Gasteiger partial charge in [0.25, 0.3) is 0 Å². The van der Waals surface area contributed by atoms with Gasteiger partial charge in [0.15, 0.2) is 0 Å². The second-order valence-electron chi connectivity index (χ2n) is 10.7. The SMILES string of the molecule is CC1(C)[C@@H]2[C@@H](C(=O)N[C@H](CO)C[C@@H]3CCNC3=O)N(C(=O)C3(c4ccccc4)CC3)C[C@@H]21. The van der Waals surface area contributed by atoms with Crippen molar-refractivity contribution in [3.63, 3.8) is 0 Å². The molecule has 3 N–H and O–H groups in total. The van der Waals surface area contributed by atoms with E-state index in [1.54, 1.807) is 0 Å². The first-order chi connectivity index (χ1) is 15.3. The van der Waals surface area contributed by atoms with Crippen LogP contribution >= 0.6 is 0 Å². The van der Waals surface area contributed by atoms with Gasteiger partial charge < -0.3 is 20.6 Å². The van der Waals surface area contributed by atoms with Gasteiger partial charge in [-0.3, -0.25) is 14.4 Å². The van der Waals surface area contributed by atoms with Gasteiger partial charge in [0.2, 0.25) is 17.7 Å². The van der Waals surface area contributed by atoms with Crippen LogP contribution in [0.25, 0.3) is 0 Å².